The van der Waals surface area contributed by atoms with E-state index in [0.717, 1.165) is 28.8 Å². The molecule has 3 aromatic rings. The molecular formula is C26H33N3O4. The van der Waals surface area contributed by atoms with Crippen molar-refractivity contribution in [3.05, 3.63) is 54.5 Å². The quantitative estimate of drug-likeness (QED) is 0.450. The van der Waals surface area contributed by atoms with E-state index in [1.807, 2.05) is 58.0 Å². The van der Waals surface area contributed by atoms with E-state index in [1.54, 1.807) is 18.5 Å². The lowest BCUT2D eigenvalue weighted by Gasteiger charge is -2.25. The maximum absolute atomic E-state index is 12.3. The average Bonchev–Trinajstić information content (AvgIpc) is 3.25. The number of rotatable bonds is 8. The van der Waals surface area contributed by atoms with Gasteiger partial charge in [0.05, 0.1) is 17.8 Å². The first-order chi connectivity index (χ1) is 15.6. The monoisotopic (exact) mass is 451 g/mol. The molecule has 1 amide bonds. The highest BCUT2D eigenvalue weighted by atomic mass is 16.6. The topological polar surface area (TPSA) is 86.5 Å². The Balaban J connectivity index is 1.82. The average molecular weight is 452 g/mol. The molecule has 1 N–H and O–H groups in total. The summed E-state index contributed by atoms with van der Waals surface area (Å²) in [4.78, 5) is 16.6. The molecule has 3 rings (SSSR count). The summed E-state index contributed by atoms with van der Waals surface area (Å²) in [5, 5.41) is 6.79. The molecule has 7 nitrogen and oxygen atoms in total. The van der Waals surface area contributed by atoms with E-state index in [9.17, 15) is 4.79 Å². The zero-order chi connectivity index (χ0) is 24.0. The second-order valence-corrected chi connectivity index (χ2v) is 9.56. The first kappa shape index (κ1) is 24.3. The largest absolute Gasteiger partial charge is 0.491 e. The summed E-state index contributed by atoms with van der Waals surface area (Å²) in [6, 6.07) is 11.5. The first-order valence-electron chi connectivity index (χ1n) is 11.2. The molecule has 0 saturated heterocycles. The van der Waals surface area contributed by atoms with Gasteiger partial charge in [-0.25, -0.2) is 4.79 Å². The summed E-state index contributed by atoms with van der Waals surface area (Å²) in [5.41, 5.74) is 3.25. The van der Waals surface area contributed by atoms with Crippen LogP contribution >= 0.6 is 0 Å². The molecule has 0 spiro atoms. The number of nitrogens with one attached hydrogen (secondary N) is 1. The third-order valence-electron chi connectivity index (χ3n) is 4.83. The molecule has 0 aliphatic rings. The van der Waals surface area contributed by atoms with Gasteiger partial charge in [-0.2, -0.15) is 0 Å². The molecule has 0 aliphatic carbocycles. The zero-order valence-corrected chi connectivity index (χ0v) is 20.2. The van der Waals surface area contributed by atoms with Gasteiger partial charge in [0.2, 0.25) is 0 Å². The SMILES string of the molecule is Cc1cc(-c2ccc(OC[C@H](CC(C)C)NC(=O)OC(C)(C)C)c(-c3ccno3)c2)ccn1. The van der Waals surface area contributed by atoms with E-state index in [1.165, 1.54) is 0 Å². The number of pyridine rings is 1. The fourth-order valence-electron chi connectivity index (χ4n) is 3.51. The second-order valence-electron chi connectivity index (χ2n) is 9.56. The molecule has 0 unspecified atom stereocenters. The number of nitrogens with zero attached hydrogens (tertiary/aromatic N) is 2. The number of alkyl carbamates (subject to hydrolysis) is 1. The number of amides is 1. The van der Waals surface area contributed by atoms with Crippen LogP contribution in [-0.2, 0) is 4.74 Å². The lowest BCUT2D eigenvalue weighted by atomic mass is 10.0. The standard InChI is InChI=1S/C26H33N3O4/c1-17(2)13-21(29-25(30)32-26(4,5)6)16-31-23-8-7-19(20-9-11-27-18(3)14-20)15-22(23)24-10-12-28-33-24/h7-12,14-15,17,21H,13,16H2,1-6H3,(H,29,30)/t21-/m0/s1. The molecule has 2 heterocycles. The number of benzene rings is 1. The van der Waals surface area contributed by atoms with Gasteiger partial charge < -0.3 is 19.3 Å². The van der Waals surface area contributed by atoms with E-state index >= 15 is 0 Å². The Labute approximate surface area is 195 Å². The van der Waals surface area contributed by atoms with Crippen LogP contribution in [0.5, 0.6) is 5.75 Å². The Morgan fingerprint density at radius 3 is 2.48 bits per heavy atom. The number of aromatic nitrogens is 2. The molecule has 0 aliphatic heterocycles. The number of aryl methyl sites for hydroxylation is 1. The molecular weight excluding hydrogens is 418 g/mol. The van der Waals surface area contributed by atoms with E-state index in [2.05, 4.69) is 29.3 Å². The molecule has 33 heavy (non-hydrogen) atoms. The fraction of sp³-hybridized carbons (Fsp3) is 0.423. The zero-order valence-electron chi connectivity index (χ0n) is 20.2. The van der Waals surface area contributed by atoms with Crippen molar-refractivity contribution in [2.24, 2.45) is 5.92 Å². The van der Waals surface area contributed by atoms with Crippen molar-refractivity contribution in [1.29, 1.82) is 0 Å². The maximum atomic E-state index is 12.3. The molecule has 1 atom stereocenters. The molecule has 0 bridgehead atoms. The molecule has 0 saturated carbocycles. The number of hydrogen-bond donors (Lipinski definition) is 1. The lowest BCUT2D eigenvalue weighted by Crippen LogP contribution is -2.42. The van der Waals surface area contributed by atoms with Gasteiger partial charge >= 0.3 is 6.09 Å². The summed E-state index contributed by atoms with van der Waals surface area (Å²) in [5.74, 6) is 1.64. The van der Waals surface area contributed by atoms with E-state index in [4.69, 9.17) is 14.0 Å². The maximum Gasteiger partial charge on any atom is 0.407 e. The number of ether oxygens (including phenoxy) is 2. The minimum atomic E-state index is -0.562. The van der Waals surface area contributed by atoms with Crippen LogP contribution in [0.4, 0.5) is 4.79 Å². The van der Waals surface area contributed by atoms with Crippen LogP contribution in [-0.4, -0.2) is 34.5 Å². The lowest BCUT2D eigenvalue weighted by molar-refractivity contribution is 0.0480. The molecule has 1 aromatic carbocycles. The van der Waals surface area contributed by atoms with Crippen molar-refractivity contribution >= 4 is 6.09 Å². The summed E-state index contributed by atoms with van der Waals surface area (Å²) in [6.07, 6.45) is 3.71. The second kappa shape index (κ2) is 10.5. The fourth-order valence-corrected chi connectivity index (χ4v) is 3.51. The number of hydrogen-bond acceptors (Lipinski definition) is 6. The van der Waals surface area contributed by atoms with Crippen LogP contribution in [0.1, 0.15) is 46.7 Å². The van der Waals surface area contributed by atoms with Crippen LogP contribution in [0.2, 0.25) is 0 Å². The van der Waals surface area contributed by atoms with E-state index in [0.29, 0.717) is 24.0 Å². The third-order valence-corrected chi connectivity index (χ3v) is 4.83. The van der Waals surface area contributed by atoms with Crippen molar-refractivity contribution in [2.75, 3.05) is 6.61 Å². The molecule has 7 heteroatoms. The normalized spacial score (nSPS) is 12.5. The van der Waals surface area contributed by atoms with E-state index in [-0.39, 0.29) is 6.04 Å². The van der Waals surface area contributed by atoms with Crippen molar-refractivity contribution in [1.82, 2.24) is 15.5 Å². The third kappa shape index (κ3) is 7.34. The number of carbonyl (C=O) groups is 1. The van der Waals surface area contributed by atoms with Gasteiger partial charge in [-0.1, -0.05) is 25.1 Å². The molecule has 2 aromatic heterocycles. The minimum absolute atomic E-state index is 0.204. The predicted octanol–water partition coefficient (Wildman–Crippen LogP) is 6.03. The van der Waals surface area contributed by atoms with Gasteiger partial charge in [0.25, 0.3) is 0 Å². The molecule has 0 fully saturated rings. The summed E-state index contributed by atoms with van der Waals surface area (Å²) >= 11 is 0. The van der Waals surface area contributed by atoms with Crippen LogP contribution in [0.25, 0.3) is 22.5 Å². The highest BCUT2D eigenvalue weighted by Crippen LogP contribution is 2.34. The predicted molar refractivity (Wildman–Crippen MR) is 128 cm³/mol. The highest BCUT2D eigenvalue weighted by Gasteiger charge is 2.21. The van der Waals surface area contributed by atoms with Gasteiger partial charge in [0, 0.05) is 18.0 Å². The summed E-state index contributed by atoms with van der Waals surface area (Å²) in [7, 11) is 0. The Bertz CT molecular complexity index is 1060. The van der Waals surface area contributed by atoms with Gasteiger partial charge in [-0.15, -0.1) is 0 Å². The smallest absolute Gasteiger partial charge is 0.407 e. The van der Waals surface area contributed by atoms with Crippen LogP contribution in [0.3, 0.4) is 0 Å². The van der Waals surface area contributed by atoms with Crippen molar-refractivity contribution in [3.63, 3.8) is 0 Å². The van der Waals surface area contributed by atoms with Gasteiger partial charge in [0.1, 0.15) is 18.0 Å². The summed E-state index contributed by atoms with van der Waals surface area (Å²) in [6.45, 7) is 12.0. The Morgan fingerprint density at radius 1 is 1.09 bits per heavy atom. The van der Waals surface area contributed by atoms with Crippen LogP contribution < -0.4 is 10.1 Å². The van der Waals surface area contributed by atoms with Crippen molar-refractivity contribution in [2.45, 2.75) is 59.6 Å². The summed E-state index contributed by atoms with van der Waals surface area (Å²) < 4.78 is 17.1. The number of carbonyl (C=O) groups excluding carboxylic acids is 1. The van der Waals surface area contributed by atoms with Gasteiger partial charge in [-0.05, 0) is 75.4 Å². The Kier molecular flexibility index (Phi) is 7.74. The first-order valence-corrected chi connectivity index (χ1v) is 11.2. The minimum Gasteiger partial charge on any atom is -0.491 e. The van der Waals surface area contributed by atoms with E-state index < -0.39 is 11.7 Å². The van der Waals surface area contributed by atoms with Crippen molar-refractivity contribution < 1.29 is 18.8 Å². The molecule has 176 valence electrons. The Morgan fingerprint density at radius 2 is 1.85 bits per heavy atom. The van der Waals surface area contributed by atoms with Crippen LogP contribution in [0, 0.1) is 12.8 Å². The highest BCUT2D eigenvalue weighted by molar-refractivity contribution is 5.75. The van der Waals surface area contributed by atoms with Gasteiger partial charge in [-0.3, -0.25) is 4.98 Å². The van der Waals surface area contributed by atoms with Crippen molar-refractivity contribution in [3.8, 4) is 28.2 Å². The Hall–Kier alpha value is -3.35. The van der Waals surface area contributed by atoms with Gasteiger partial charge in [0.15, 0.2) is 5.76 Å². The van der Waals surface area contributed by atoms with Crippen LogP contribution in [0.15, 0.2) is 53.3 Å². The molecule has 0 radical (unpaired) electrons.